The van der Waals surface area contributed by atoms with Gasteiger partial charge in [-0.15, -0.1) is 5.10 Å². The van der Waals surface area contributed by atoms with Crippen molar-refractivity contribution >= 4 is 23.3 Å². The fraction of sp³-hybridized carbons (Fsp3) is 0.625. The van der Waals surface area contributed by atoms with Gasteiger partial charge in [0.15, 0.2) is 5.82 Å². The van der Waals surface area contributed by atoms with Crippen molar-refractivity contribution in [2.45, 2.75) is 25.7 Å². The fourth-order valence-electron chi connectivity index (χ4n) is 3.07. The van der Waals surface area contributed by atoms with E-state index in [2.05, 4.69) is 31.0 Å². The zero-order valence-electron chi connectivity index (χ0n) is 13.8. The molecule has 0 aromatic carbocycles. The Kier molecular flexibility index (Phi) is 5.45. The van der Waals surface area contributed by atoms with Crippen molar-refractivity contribution in [3.8, 4) is 0 Å². The van der Waals surface area contributed by atoms with Gasteiger partial charge < -0.3 is 20.9 Å². The van der Waals surface area contributed by atoms with Crippen molar-refractivity contribution in [3.05, 3.63) is 12.3 Å². The monoisotopic (exact) mass is 332 g/mol. The van der Waals surface area contributed by atoms with Crippen LogP contribution in [0, 0.1) is 5.92 Å². The number of hydrogen-bond acceptors (Lipinski definition) is 6. The smallest absolute Gasteiger partial charge is 0.224 e. The van der Waals surface area contributed by atoms with E-state index in [1.54, 1.807) is 6.20 Å². The molecule has 130 valence electrons. The standard InChI is InChI=1S/C16H24N6O2/c23-15-4-3-12(10-19-15)16(24)18-6-5-17-14-9-13(11-20-21-14)22-7-1-2-8-22/h9,11-12H,1-8,10H2,(H,17,21)(H,18,24)(H,19,23). The summed E-state index contributed by atoms with van der Waals surface area (Å²) < 4.78 is 0. The second-order valence-electron chi connectivity index (χ2n) is 6.25. The minimum Gasteiger partial charge on any atom is -0.370 e. The highest BCUT2D eigenvalue weighted by Gasteiger charge is 2.23. The molecule has 0 saturated carbocycles. The first kappa shape index (κ1) is 16.5. The first-order valence-electron chi connectivity index (χ1n) is 8.58. The van der Waals surface area contributed by atoms with Gasteiger partial charge in [-0.2, -0.15) is 5.10 Å². The van der Waals surface area contributed by atoms with Crippen LogP contribution in [0.2, 0.25) is 0 Å². The van der Waals surface area contributed by atoms with Crippen LogP contribution in [0.25, 0.3) is 0 Å². The van der Waals surface area contributed by atoms with Crippen LogP contribution < -0.4 is 20.9 Å². The highest BCUT2D eigenvalue weighted by Crippen LogP contribution is 2.20. The third kappa shape index (κ3) is 4.33. The summed E-state index contributed by atoms with van der Waals surface area (Å²) in [4.78, 5) is 25.4. The number of nitrogens with zero attached hydrogens (tertiary/aromatic N) is 3. The molecule has 0 spiro atoms. The van der Waals surface area contributed by atoms with E-state index in [4.69, 9.17) is 0 Å². The van der Waals surface area contributed by atoms with Gasteiger partial charge in [-0.1, -0.05) is 0 Å². The third-order valence-corrected chi connectivity index (χ3v) is 4.48. The van der Waals surface area contributed by atoms with Gasteiger partial charge in [0.05, 0.1) is 17.8 Å². The molecule has 8 nitrogen and oxygen atoms in total. The summed E-state index contributed by atoms with van der Waals surface area (Å²) in [5, 5.41) is 16.9. The molecule has 2 aliphatic rings. The Balaban J connectivity index is 1.39. The molecule has 0 aliphatic carbocycles. The molecule has 8 heteroatoms. The Morgan fingerprint density at radius 2 is 2.17 bits per heavy atom. The van der Waals surface area contributed by atoms with Crippen LogP contribution in [0.15, 0.2) is 12.3 Å². The summed E-state index contributed by atoms with van der Waals surface area (Å²) in [7, 11) is 0. The number of carbonyl (C=O) groups excluding carboxylic acids is 2. The van der Waals surface area contributed by atoms with Crippen molar-refractivity contribution in [2.75, 3.05) is 42.9 Å². The van der Waals surface area contributed by atoms with Crippen molar-refractivity contribution in [1.29, 1.82) is 0 Å². The molecular weight excluding hydrogens is 308 g/mol. The van der Waals surface area contributed by atoms with E-state index in [0.29, 0.717) is 32.5 Å². The fourth-order valence-corrected chi connectivity index (χ4v) is 3.07. The average Bonchev–Trinajstić information content (AvgIpc) is 3.14. The van der Waals surface area contributed by atoms with Crippen molar-refractivity contribution in [3.63, 3.8) is 0 Å². The minimum atomic E-state index is -0.124. The van der Waals surface area contributed by atoms with Gasteiger partial charge in [0, 0.05) is 45.2 Å². The molecule has 2 fully saturated rings. The molecular formula is C16H24N6O2. The van der Waals surface area contributed by atoms with Gasteiger partial charge in [-0.25, -0.2) is 0 Å². The predicted octanol–water partition coefficient (Wildman–Crippen LogP) is 0.131. The normalized spacial score (nSPS) is 20.6. The largest absolute Gasteiger partial charge is 0.370 e. The van der Waals surface area contributed by atoms with Crippen LogP contribution in [0.4, 0.5) is 11.5 Å². The Morgan fingerprint density at radius 3 is 2.92 bits per heavy atom. The van der Waals surface area contributed by atoms with E-state index in [-0.39, 0.29) is 17.7 Å². The molecule has 3 rings (SSSR count). The number of anilines is 2. The summed E-state index contributed by atoms with van der Waals surface area (Å²) >= 11 is 0. The molecule has 2 saturated heterocycles. The molecule has 2 aliphatic heterocycles. The van der Waals surface area contributed by atoms with E-state index < -0.39 is 0 Å². The zero-order valence-corrected chi connectivity index (χ0v) is 13.8. The highest BCUT2D eigenvalue weighted by molar-refractivity contribution is 5.83. The lowest BCUT2D eigenvalue weighted by Gasteiger charge is -2.21. The molecule has 1 atom stereocenters. The van der Waals surface area contributed by atoms with Gasteiger partial charge in [0.1, 0.15) is 0 Å². The van der Waals surface area contributed by atoms with E-state index in [0.717, 1.165) is 24.6 Å². The van der Waals surface area contributed by atoms with E-state index in [9.17, 15) is 9.59 Å². The Labute approximate surface area is 141 Å². The maximum Gasteiger partial charge on any atom is 0.224 e. The average molecular weight is 332 g/mol. The van der Waals surface area contributed by atoms with Crippen LogP contribution in [-0.2, 0) is 9.59 Å². The maximum atomic E-state index is 12.0. The molecule has 0 radical (unpaired) electrons. The third-order valence-electron chi connectivity index (χ3n) is 4.48. The maximum absolute atomic E-state index is 12.0. The summed E-state index contributed by atoms with van der Waals surface area (Å²) in [6.07, 6.45) is 5.27. The van der Waals surface area contributed by atoms with Crippen LogP contribution in [0.3, 0.4) is 0 Å². The van der Waals surface area contributed by atoms with E-state index in [1.807, 2.05) is 6.07 Å². The van der Waals surface area contributed by atoms with Crippen molar-refractivity contribution in [2.24, 2.45) is 5.92 Å². The lowest BCUT2D eigenvalue weighted by molar-refractivity contribution is -0.128. The molecule has 1 unspecified atom stereocenters. The zero-order chi connectivity index (χ0) is 16.8. The van der Waals surface area contributed by atoms with Crippen molar-refractivity contribution < 1.29 is 9.59 Å². The molecule has 2 amide bonds. The minimum absolute atomic E-state index is 0.00583. The van der Waals surface area contributed by atoms with Gasteiger partial charge in [-0.3, -0.25) is 9.59 Å². The second kappa shape index (κ2) is 7.94. The summed E-state index contributed by atoms with van der Waals surface area (Å²) in [5.41, 5.74) is 1.09. The summed E-state index contributed by atoms with van der Waals surface area (Å²) in [6.45, 7) is 3.67. The van der Waals surface area contributed by atoms with E-state index in [1.165, 1.54) is 12.8 Å². The Bertz CT molecular complexity index is 578. The quantitative estimate of drug-likeness (QED) is 0.641. The highest BCUT2D eigenvalue weighted by atomic mass is 16.2. The van der Waals surface area contributed by atoms with Crippen LogP contribution in [0.5, 0.6) is 0 Å². The number of aromatic nitrogens is 2. The topological polar surface area (TPSA) is 99.3 Å². The van der Waals surface area contributed by atoms with Crippen LogP contribution in [-0.4, -0.2) is 54.7 Å². The molecule has 3 N–H and O–H groups in total. The van der Waals surface area contributed by atoms with Gasteiger partial charge in [0.25, 0.3) is 0 Å². The van der Waals surface area contributed by atoms with Gasteiger partial charge in [-0.05, 0) is 19.3 Å². The second-order valence-corrected chi connectivity index (χ2v) is 6.25. The SMILES string of the molecule is O=C1CCC(C(=O)NCCNc2cc(N3CCCC3)cnn2)CN1. The Morgan fingerprint density at radius 1 is 1.33 bits per heavy atom. The Hall–Kier alpha value is -2.38. The molecule has 3 heterocycles. The molecule has 1 aromatic rings. The first-order valence-corrected chi connectivity index (χ1v) is 8.58. The number of hydrogen-bond donors (Lipinski definition) is 3. The predicted molar refractivity (Wildman–Crippen MR) is 90.7 cm³/mol. The first-order chi connectivity index (χ1) is 11.7. The van der Waals surface area contributed by atoms with Gasteiger partial charge in [0.2, 0.25) is 11.8 Å². The van der Waals surface area contributed by atoms with E-state index >= 15 is 0 Å². The molecule has 1 aromatic heterocycles. The number of amides is 2. The molecule has 0 bridgehead atoms. The van der Waals surface area contributed by atoms with Crippen LogP contribution >= 0.6 is 0 Å². The lowest BCUT2D eigenvalue weighted by Crippen LogP contribution is -2.43. The lowest BCUT2D eigenvalue weighted by atomic mass is 9.98. The summed E-state index contributed by atoms with van der Waals surface area (Å²) in [6, 6.07) is 2.00. The number of rotatable bonds is 6. The van der Waals surface area contributed by atoms with Crippen molar-refractivity contribution in [1.82, 2.24) is 20.8 Å². The number of carbonyl (C=O) groups is 2. The van der Waals surface area contributed by atoms with Crippen LogP contribution in [0.1, 0.15) is 25.7 Å². The number of piperidine rings is 1. The number of nitrogens with one attached hydrogen (secondary N) is 3. The van der Waals surface area contributed by atoms with Gasteiger partial charge >= 0.3 is 0 Å². The molecule has 24 heavy (non-hydrogen) atoms. The summed E-state index contributed by atoms with van der Waals surface area (Å²) in [5.74, 6) is 0.616.